The molecule has 1 atom stereocenters. The van der Waals surface area contributed by atoms with E-state index in [2.05, 4.69) is 6.92 Å². The molecule has 0 saturated carbocycles. The van der Waals surface area contributed by atoms with Crippen LogP contribution in [0.3, 0.4) is 0 Å². The fourth-order valence-electron chi connectivity index (χ4n) is 1.10. The van der Waals surface area contributed by atoms with Gasteiger partial charge in [-0.1, -0.05) is 13.8 Å². The van der Waals surface area contributed by atoms with Crippen LogP contribution < -0.4 is 0 Å². The Morgan fingerprint density at radius 1 is 1.67 bits per heavy atom. The Labute approximate surface area is 55.8 Å². The number of halogens is 1. The van der Waals surface area contributed by atoms with Gasteiger partial charge in [-0.15, -0.1) is 9.60 Å². The number of rotatable bonds is 0. The van der Waals surface area contributed by atoms with Gasteiger partial charge in [0.2, 0.25) is 0 Å². The summed E-state index contributed by atoms with van der Waals surface area (Å²) >= 11 is 0. The lowest BCUT2D eigenvalue weighted by molar-refractivity contribution is 0.00936. The smallest absolute Gasteiger partial charge is 0.0454 e. The second kappa shape index (κ2) is 1.94. The maximum Gasteiger partial charge on any atom is 0.0454 e. The molecular formula is C7H13FN. The molecule has 1 heterocycles. The molecule has 0 aliphatic carbocycles. The Bertz CT molecular complexity index is 111. The van der Waals surface area contributed by atoms with Crippen molar-refractivity contribution < 1.29 is 4.48 Å². The van der Waals surface area contributed by atoms with E-state index in [4.69, 9.17) is 0 Å². The van der Waals surface area contributed by atoms with Crippen LogP contribution >= 0.6 is 0 Å². The van der Waals surface area contributed by atoms with E-state index in [1.807, 2.05) is 13.8 Å². The molecule has 1 aliphatic heterocycles. The van der Waals surface area contributed by atoms with Crippen molar-refractivity contribution in [1.29, 1.82) is 0 Å². The van der Waals surface area contributed by atoms with E-state index in [0.29, 0.717) is 6.54 Å². The largest absolute Gasteiger partial charge is 0.143 e. The molecule has 0 spiro atoms. The summed E-state index contributed by atoms with van der Waals surface area (Å²) in [4.78, 5) is 0. The highest BCUT2D eigenvalue weighted by Crippen LogP contribution is 2.35. The van der Waals surface area contributed by atoms with Gasteiger partial charge in [0.15, 0.2) is 0 Å². The van der Waals surface area contributed by atoms with Gasteiger partial charge in [0.1, 0.15) is 0 Å². The van der Waals surface area contributed by atoms with Gasteiger partial charge in [-0.3, -0.25) is 0 Å². The van der Waals surface area contributed by atoms with Gasteiger partial charge < -0.3 is 0 Å². The zero-order chi connectivity index (χ0) is 7.07. The number of nitrogens with zero attached hydrogens (tertiary/aromatic N) is 1. The van der Waals surface area contributed by atoms with E-state index >= 15 is 0 Å². The van der Waals surface area contributed by atoms with Crippen molar-refractivity contribution >= 4 is 0 Å². The van der Waals surface area contributed by atoms with Crippen LogP contribution in [0.25, 0.3) is 0 Å². The minimum atomic E-state index is -0.155. The second-order valence-electron chi connectivity index (χ2n) is 3.38. The molecule has 0 bridgehead atoms. The molecule has 1 unspecified atom stereocenters. The predicted molar refractivity (Wildman–Crippen MR) is 35.4 cm³/mol. The van der Waals surface area contributed by atoms with Gasteiger partial charge >= 0.3 is 0 Å². The minimum absolute atomic E-state index is 0.0642. The topological polar surface area (TPSA) is 3.24 Å². The van der Waals surface area contributed by atoms with Gasteiger partial charge in [-0.05, 0) is 18.8 Å². The molecule has 2 heteroatoms. The summed E-state index contributed by atoms with van der Waals surface area (Å²) in [6.45, 7) is 8.36. The third kappa shape index (κ3) is 1.08. The minimum Gasteiger partial charge on any atom is -0.143 e. The molecule has 0 aromatic carbocycles. The van der Waals surface area contributed by atoms with Gasteiger partial charge in [-0.2, -0.15) is 0 Å². The maximum absolute atomic E-state index is 12.6. The number of hydrogen-bond donors (Lipinski definition) is 0. The highest BCUT2D eigenvalue weighted by Gasteiger charge is 2.37. The first-order valence-electron chi connectivity index (χ1n) is 3.29. The Balaban J connectivity index is 2.62. The van der Waals surface area contributed by atoms with Gasteiger partial charge in [0.25, 0.3) is 0 Å². The number of hydrogen-bond acceptors (Lipinski definition) is 1. The summed E-state index contributed by atoms with van der Waals surface area (Å²) in [5.41, 5.74) is 0.0642. The van der Waals surface area contributed by atoms with Gasteiger partial charge in [0.05, 0.1) is 0 Å². The van der Waals surface area contributed by atoms with Crippen molar-refractivity contribution in [2.24, 2.45) is 5.41 Å². The molecule has 1 nitrogen and oxygen atoms in total. The fourth-order valence-corrected chi connectivity index (χ4v) is 1.10. The van der Waals surface area contributed by atoms with E-state index in [0.717, 1.165) is 11.5 Å². The van der Waals surface area contributed by atoms with Crippen LogP contribution in [-0.2, 0) is 0 Å². The molecule has 0 aromatic heterocycles. The third-order valence-corrected chi connectivity index (χ3v) is 2.21. The van der Waals surface area contributed by atoms with Crippen molar-refractivity contribution in [2.45, 2.75) is 26.3 Å². The molecule has 1 rings (SSSR count). The molecular weight excluding hydrogens is 117 g/mol. The van der Waals surface area contributed by atoms with Gasteiger partial charge in [0, 0.05) is 12.6 Å². The standard InChI is InChI=1S/C7H13FN/c1-6-7(2,3)4-5-9(6)8/h6H,1,4-5H2,2-3H3. The van der Waals surface area contributed by atoms with E-state index in [1.54, 1.807) is 0 Å². The van der Waals surface area contributed by atoms with Crippen LogP contribution in [0, 0.1) is 12.3 Å². The predicted octanol–water partition coefficient (Wildman–Crippen LogP) is 1.81. The highest BCUT2D eigenvalue weighted by molar-refractivity contribution is 4.91. The van der Waals surface area contributed by atoms with Crippen molar-refractivity contribution in [2.75, 3.05) is 6.54 Å². The van der Waals surface area contributed by atoms with Crippen LogP contribution in [0.15, 0.2) is 0 Å². The van der Waals surface area contributed by atoms with E-state index < -0.39 is 0 Å². The fraction of sp³-hybridized carbons (Fsp3) is 0.857. The second-order valence-corrected chi connectivity index (χ2v) is 3.38. The lowest BCUT2D eigenvalue weighted by Gasteiger charge is -2.23. The molecule has 1 fully saturated rings. The molecule has 0 amide bonds. The van der Waals surface area contributed by atoms with Crippen LogP contribution in [-0.4, -0.2) is 17.7 Å². The van der Waals surface area contributed by atoms with Crippen LogP contribution in [0.5, 0.6) is 0 Å². The van der Waals surface area contributed by atoms with Crippen molar-refractivity contribution in [3.63, 3.8) is 0 Å². The van der Waals surface area contributed by atoms with E-state index in [-0.39, 0.29) is 11.5 Å². The Morgan fingerprint density at radius 3 is 2.33 bits per heavy atom. The van der Waals surface area contributed by atoms with Crippen molar-refractivity contribution in [1.82, 2.24) is 5.12 Å². The normalized spacial score (nSPS) is 35.3. The Kier molecular flexibility index (Phi) is 1.51. The summed E-state index contributed by atoms with van der Waals surface area (Å²) in [5, 5.41) is 0.819. The Hall–Kier alpha value is -0.110. The molecule has 53 valence electrons. The van der Waals surface area contributed by atoms with Crippen LogP contribution in [0.2, 0.25) is 0 Å². The van der Waals surface area contributed by atoms with Crippen LogP contribution in [0.1, 0.15) is 20.3 Å². The monoisotopic (exact) mass is 130 g/mol. The molecule has 1 saturated heterocycles. The summed E-state index contributed by atoms with van der Waals surface area (Å²) in [6.07, 6.45) is 0.914. The first-order chi connectivity index (χ1) is 4.04. The van der Waals surface area contributed by atoms with E-state index in [9.17, 15) is 4.48 Å². The average Bonchev–Trinajstić information content (AvgIpc) is 1.97. The summed E-state index contributed by atoms with van der Waals surface area (Å²) in [7, 11) is 0. The van der Waals surface area contributed by atoms with Crippen molar-refractivity contribution in [3.8, 4) is 0 Å². The molecule has 0 N–H and O–H groups in total. The van der Waals surface area contributed by atoms with E-state index in [1.165, 1.54) is 0 Å². The van der Waals surface area contributed by atoms with Gasteiger partial charge in [-0.25, -0.2) is 0 Å². The quantitative estimate of drug-likeness (QED) is 0.452. The lowest BCUT2D eigenvalue weighted by Crippen LogP contribution is -2.28. The first kappa shape index (κ1) is 7.00. The summed E-state index contributed by atoms with van der Waals surface area (Å²) < 4.78 is 12.6. The molecule has 0 aromatic rings. The SMILES string of the molecule is [CH2]C1N(F)CCC1(C)C. The summed E-state index contributed by atoms with van der Waals surface area (Å²) in [6, 6.07) is -0.155. The summed E-state index contributed by atoms with van der Waals surface area (Å²) in [5.74, 6) is 0. The molecule has 1 radical (unpaired) electrons. The molecule has 1 aliphatic rings. The zero-order valence-electron chi connectivity index (χ0n) is 6.02. The lowest BCUT2D eigenvalue weighted by atomic mass is 9.86. The first-order valence-corrected chi connectivity index (χ1v) is 3.29. The maximum atomic E-state index is 12.6. The zero-order valence-corrected chi connectivity index (χ0v) is 6.02. The molecule has 9 heavy (non-hydrogen) atoms. The highest BCUT2D eigenvalue weighted by atomic mass is 19.2. The Morgan fingerprint density at radius 2 is 2.22 bits per heavy atom. The average molecular weight is 130 g/mol. The van der Waals surface area contributed by atoms with Crippen molar-refractivity contribution in [3.05, 3.63) is 6.92 Å². The third-order valence-electron chi connectivity index (χ3n) is 2.21. The van der Waals surface area contributed by atoms with Crippen LogP contribution in [0.4, 0.5) is 4.48 Å².